The molecule has 0 heterocycles. The molecule has 1 aromatic rings. The Morgan fingerprint density at radius 3 is 2.92 bits per heavy atom. The third-order valence-electron chi connectivity index (χ3n) is 2.43. The molecule has 2 heteroatoms. The lowest BCUT2D eigenvalue weighted by atomic mass is 10.0. The Labute approximate surface area is 76.6 Å². The van der Waals surface area contributed by atoms with E-state index in [1.54, 1.807) is 6.07 Å². The van der Waals surface area contributed by atoms with Crippen molar-refractivity contribution in [2.24, 2.45) is 0 Å². The van der Waals surface area contributed by atoms with Crippen molar-refractivity contribution in [1.82, 2.24) is 0 Å². The van der Waals surface area contributed by atoms with E-state index < -0.39 is 0 Å². The van der Waals surface area contributed by atoms with E-state index in [0.717, 1.165) is 12.8 Å². The Hall–Kier alpha value is -1.18. The highest BCUT2D eigenvalue weighted by molar-refractivity contribution is 5.97. The summed E-state index contributed by atoms with van der Waals surface area (Å²) in [5.74, 6) is -0.284. The van der Waals surface area contributed by atoms with Crippen molar-refractivity contribution in [2.45, 2.75) is 25.7 Å². The zero-order chi connectivity index (χ0) is 9.26. The van der Waals surface area contributed by atoms with Gasteiger partial charge in [-0.15, -0.1) is 0 Å². The lowest BCUT2D eigenvalue weighted by molar-refractivity contribution is 0.0981. The molecule has 0 aromatic heterocycles. The van der Waals surface area contributed by atoms with Crippen molar-refractivity contribution >= 4 is 5.78 Å². The van der Waals surface area contributed by atoms with Gasteiger partial charge in [-0.25, -0.2) is 4.39 Å². The molecule has 0 atom stereocenters. The second kappa shape index (κ2) is 3.29. The van der Waals surface area contributed by atoms with Crippen LogP contribution in [0.5, 0.6) is 0 Å². The molecule has 13 heavy (non-hydrogen) atoms. The number of carbonyl (C=O) groups excluding carboxylic acids is 1. The molecular formula is C11H10FO. The average molecular weight is 177 g/mol. The molecule has 0 spiro atoms. The van der Waals surface area contributed by atoms with Crippen LogP contribution >= 0.6 is 0 Å². The Morgan fingerprint density at radius 1 is 1.31 bits per heavy atom. The maximum Gasteiger partial charge on any atom is 0.163 e. The number of Topliss-reactive ketones (excluding diaryl/α,β-unsaturated/α-hetero) is 1. The highest BCUT2D eigenvalue weighted by Crippen LogP contribution is 2.22. The van der Waals surface area contributed by atoms with Gasteiger partial charge in [0.2, 0.25) is 0 Å². The zero-order valence-corrected chi connectivity index (χ0v) is 7.27. The second-order valence-electron chi connectivity index (χ2n) is 3.31. The second-order valence-corrected chi connectivity index (χ2v) is 3.31. The highest BCUT2D eigenvalue weighted by Gasteiger charge is 2.17. The number of ketones is 1. The number of rotatable bonds is 0. The lowest BCUT2D eigenvalue weighted by Crippen LogP contribution is -2.01. The first-order valence-electron chi connectivity index (χ1n) is 4.51. The molecule has 0 saturated heterocycles. The van der Waals surface area contributed by atoms with Crippen LogP contribution in [0.1, 0.15) is 35.2 Å². The number of hydrogen-bond donors (Lipinski definition) is 0. The maximum atomic E-state index is 13.2. The van der Waals surface area contributed by atoms with Crippen molar-refractivity contribution in [3.8, 4) is 0 Å². The Bertz CT molecular complexity index is 344. The summed E-state index contributed by atoms with van der Waals surface area (Å²) in [7, 11) is 0. The van der Waals surface area contributed by atoms with Gasteiger partial charge in [0.1, 0.15) is 5.82 Å². The summed E-state index contributed by atoms with van der Waals surface area (Å²) >= 11 is 0. The molecule has 0 unspecified atom stereocenters. The van der Waals surface area contributed by atoms with Gasteiger partial charge in [0, 0.05) is 18.1 Å². The van der Waals surface area contributed by atoms with Gasteiger partial charge in [-0.2, -0.15) is 0 Å². The molecule has 1 aliphatic rings. The third-order valence-corrected chi connectivity index (χ3v) is 2.43. The monoisotopic (exact) mass is 177 g/mol. The first-order chi connectivity index (χ1) is 6.29. The average Bonchev–Trinajstić information content (AvgIpc) is 2.30. The number of hydrogen-bond acceptors (Lipinski definition) is 1. The van der Waals surface area contributed by atoms with Crippen LogP contribution in [-0.4, -0.2) is 5.78 Å². The van der Waals surface area contributed by atoms with Crippen LogP contribution in [0.4, 0.5) is 4.39 Å². The smallest absolute Gasteiger partial charge is 0.163 e. The number of fused-ring (bicyclic) bond motifs is 1. The SMILES string of the molecule is O=C1CCCCc2c(F)[c]ccc21. The molecule has 0 bridgehead atoms. The van der Waals surface area contributed by atoms with E-state index in [1.807, 2.05) is 0 Å². The highest BCUT2D eigenvalue weighted by atomic mass is 19.1. The van der Waals surface area contributed by atoms with Gasteiger partial charge in [-0.1, -0.05) is 12.1 Å². The molecule has 1 aromatic carbocycles. The molecule has 0 saturated carbocycles. The van der Waals surface area contributed by atoms with E-state index in [4.69, 9.17) is 0 Å². The number of carbonyl (C=O) groups is 1. The van der Waals surface area contributed by atoms with E-state index in [9.17, 15) is 9.18 Å². The number of benzene rings is 1. The summed E-state index contributed by atoms with van der Waals surface area (Å²) in [6.07, 6.45) is 2.99. The van der Waals surface area contributed by atoms with E-state index in [0.29, 0.717) is 24.0 Å². The predicted molar refractivity (Wildman–Crippen MR) is 47.1 cm³/mol. The van der Waals surface area contributed by atoms with Crippen LogP contribution < -0.4 is 0 Å². The molecule has 0 amide bonds. The lowest BCUT2D eigenvalue weighted by Gasteiger charge is -2.03. The van der Waals surface area contributed by atoms with Crippen molar-refractivity contribution in [1.29, 1.82) is 0 Å². The third kappa shape index (κ3) is 1.48. The molecular weight excluding hydrogens is 167 g/mol. The van der Waals surface area contributed by atoms with Crippen molar-refractivity contribution in [2.75, 3.05) is 0 Å². The summed E-state index contributed by atoms with van der Waals surface area (Å²) in [5.41, 5.74) is 1.12. The van der Waals surface area contributed by atoms with Gasteiger partial charge in [0.05, 0.1) is 0 Å². The molecule has 1 nitrogen and oxygen atoms in total. The largest absolute Gasteiger partial charge is 0.294 e. The van der Waals surface area contributed by atoms with Gasteiger partial charge in [0.15, 0.2) is 5.78 Å². The van der Waals surface area contributed by atoms with E-state index in [1.165, 1.54) is 6.07 Å². The Morgan fingerprint density at radius 2 is 2.08 bits per heavy atom. The van der Waals surface area contributed by atoms with Crippen LogP contribution in [0.2, 0.25) is 0 Å². The van der Waals surface area contributed by atoms with Crippen LogP contribution in [0, 0.1) is 11.9 Å². The minimum atomic E-state index is -0.354. The van der Waals surface area contributed by atoms with Crippen molar-refractivity contribution in [3.63, 3.8) is 0 Å². The molecule has 0 aliphatic heterocycles. The van der Waals surface area contributed by atoms with Gasteiger partial charge in [-0.05, 0) is 24.8 Å². The maximum absolute atomic E-state index is 13.2. The van der Waals surface area contributed by atoms with E-state index in [2.05, 4.69) is 6.07 Å². The molecule has 1 radical (unpaired) electrons. The van der Waals surface area contributed by atoms with Crippen LogP contribution in [0.15, 0.2) is 12.1 Å². The zero-order valence-electron chi connectivity index (χ0n) is 7.27. The van der Waals surface area contributed by atoms with Crippen molar-refractivity contribution < 1.29 is 9.18 Å². The van der Waals surface area contributed by atoms with Gasteiger partial charge < -0.3 is 0 Å². The Kier molecular flexibility index (Phi) is 2.13. The normalized spacial score (nSPS) is 16.5. The summed E-state index contributed by atoms with van der Waals surface area (Å²) in [4.78, 5) is 11.5. The Balaban J connectivity index is 2.54. The van der Waals surface area contributed by atoms with E-state index >= 15 is 0 Å². The van der Waals surface area contributed by atoms with E-state index in [-0.39, 0.29) is 11.6 Å². The molecule has 2 rings (SSSR count). The summed E-state index contributed by atoms with van der Waals surface area (Å²) < 4.78 is 13.2. The summed E-state index contributed by atoms with van der Waals surface area (Å²) in [6.45, 7) is 0. The summed E-state index contributed by atoms with van der Waals surface area (Å²) in [5, 5.41) is 0. The topological polar surface area (TPSA) is 17.1 Å². The quantitative estimate of drug-likeness (QED) is 0.556. The summed E-state index contributed by atoms with van der Waals surface area (Å²) in [6, 6.07) is 5.65. The van der Waals surface area contributed by atoms with Crippen LogP contribution in [-0.2, 0) is 6.42 Å². The fourth-order valence-corrected chi connectivity index (χ4v) is 1.73. The molecule has 0 fully saturated rings. The molecule has 0 N–H and O–H groups in total. The van der Waals surface area contributed by atoms with Crippen LogP contribution in [0.3, 0.4) is 0 Å². The van der Waals surface area contributed by atoms with Gasteiger partial charge >= 0.3 is 0 Å². The van der Waals surface area contributed by atoms with Gasteiger partial charge in [-0.3, -0.25) is 4.79 Å². The fourth-order valence-electron chi connectivity index (χ4n) is 1.73. The first-order valence-corrected chi connectivity index (χ1v) is 4.51. The number of halogens is 1. The molecule has 1 aliphatic carbocycles. The minimum Gasteiger partial charge on any atom is -0.294 e. The fraction of sp³-hybridized carbons (Fsp3) is 0.364. The van der Waals surface area contributed by atoms with Crippen LogP contribution in [0.25, 0.3) is 0 Å². The first kappa shape index (κ1) is 8.42. The molecule has 67 valence electrons. The van der Waals surface area contributed by atoms with Crippen molar-refractivity contribution in [3.05, 3.63) is 35.1 Å². The predicted octanol–water partition coefficient (Wildman–Crippen LogP) is 2.53. The minimum absolute atomic E-state index is 0.0698. The standard InChI is InChI=1S/C11H10FO/c12-10-6-3-5-9-8(10)4-1-2-7-11(9)13/h3,5H,1-2,4,7H2. The van der Waals surface area contributed by atoms with Gasteiger partial charge in [0.25, 0.3) is 0 Å².